The highest BCUT2D eigenvalue weighted by Crippen LogP contribution is 2.63. The molecule has 3 atom stereocenters. The van der Waals surface area contributed by atoms with E-state index in [-0.39, 0.29) is 12.5 Å². The highest BCUT2D eigenvalue weighted by Gasteiger charge is 2.70. The lowest BCUT2D eigenvalue weighted by Gasteiger charge is -2.16. The van der Waals surface area contributed by atoms with Gasteiger partial charge in [-0.3, -0.25) is 0 Å². The first-order valence-corrected chi connectivity index (χ1v) is 10.7. The van der Waals surface area contributed by atoms with E-state index in [0.717, 1.165) is 16.9 Å². The molecule has 27 heavy (non-hydrogen) atoms. The van der Waals surface area contributed by atoms with Gasteiger partial charge in [-0.2, -0.15) is 0 Å². The highest BCUT2D eigenvalue weighted by atomic mass is 32.2. The summed E-state index contributed by atoms with van der Waals surface area (Å²) in [6.45, 7) is 4.94. The van der Waals surface area contributed by atoms with Crippen molar-refractivity contribution >= 4 is 9.84 Å². The maximum absolute atomic E-state index is 13.4. The van der Waals surface area contributed by atoms with E-state index in [1.54, 1.807) is 19.2 Å². The number of hydrogen-bond acceptors (Lipinski definition) is 5. The molecular weight excluding hydrogens is 362 g/mol. The van der Waals surface area contributed by atoms with Crippen LogP contribution in [0.2, 0.25) is 0 Å². The third kappa shape index (κ3) is 3.49. The van der Waals surface area contributed by atoms with Crippen molar-refractivity contribution in [3.63, 3.8) is 0 Å². The van der Waals surface area contributed by atoms with Gasteiger partial charge in [-0.1, -0.05) is 29.8 Å². The fourth-order valence-corrected chi connectivity index (χ4v) is 6.35. The van der Waals surface area contributed by atoms with E-state index in [1.807, 2.05) is 50.2 Å². The zero-order valence-electron chi connectivity index (χ0n) is 16.0. The molecule has 1 aliphatic carbocycles. The van der Waals surface area contributed by atoms with Crippen molar-refractivity contribution in [1.82, 2.24) is 0 Å². The predicted molar refractivity (Wildman–Crippen MR) is 106 cm³/mol. The highest BCUT2D eigenvalue weighted by molar-refractivity contribution is 7.92. The number of sulfone groups is 1. The summed E-state index contributed by atoms with van der Waals surface area (Å²) in [5.41, 5.74) is 7.47. The number of methoxy groups -OCH3 is 1. The van der Waals surface area contributed by atoms with Crippen LogP contribution in [0.5, 0.6) is 5.75 Å². The molecule has 1 aliphatic rings. The second-order valence-corrected chi connectivity index (χ2v) is 9.17. The fourth-order valence-electron chi connectivity index (χ4n) is 3.90. The Balaban J connectivity index is 2.02. The molecule has 2 N–H and O–H groups in total. The van der Waals surface area contributed by atoms with Crippen molar-refractivity contribution in [3.05, 3.63) is 59.7 Å². The Morgan fingerprint density at radius 1 is 1.07 bits per heavy atom. The van der Waals surface area contributed by atoms with Crippen LogP contribution in [0.4, 0.5) is 0 Å². The molecule has 0 spiro atoms. The number of benzene rings is 2. The lowest BCUT2D eigenvalue weighted by Crippen LogP contribution is -2.29. The molecule has 2 aromatic carbocycles. The second-order valence-electron chi connectivity index (χ2n) is 7.10. The van der Waals surface area contributed by atoms with Gasteiger partial charge < -0.3 is 15.2 Å². The Hall–Kier alpha value is -1.89. The minimum absolute atomic E-state index is 0.203. The Labute approximate surface area is 161 Å². The summed E-state index contributed by atoms with van der Waals surface area (Å²) in [4.78, 5) is 0.337. The third-order valence-corrected chi connectivity index (χ3v) is 7.83. The van der Waals surface area contributed by atoms with Gasteiger partial charge in [-0.05, 0) is 43.7 Å². The zero-order chi connectivity index (χ0) is 19.7. The summed E-state index contributed by atoms with van der Waals surface area (Å²) in [5.74, 6) is 0.534. The normalized spacial score (nSPS) is 24.6. The van der Waals surface area contributed by atoms with Crippen molar-refractivity contribution in [1.29, 1.82) is 0 Å². The van der Waals surface area contributed by atoms with E-state index in [2.05, 4.69) is 0 Å². The molecule has 5 nitrogen and oxygen atoms in total. The minimum atomic E-state index is -3.54. The number of rotatable bonds is 8. The summed E-state index contributed by atoms with van der Waals surface area (Å²) in [6.07, 6.45) is 0. The molecule has 3 rings (SSSR count). The van der Waals surface area contributed by atoms with Crippen LogP contribution in [0.25, 0.3) is 0 Å². The molecule has 0 bridgehead atoms. The molecule has 0 aromatic heterocycles. The van der Waals surface area contributed by atoms with Gasteiger partial charge in [0.15, 0.2) is 9.84 Å². The summed E-state index contributed by atoms with van der Waals surface area (Å²) < 4.78 is 37.7. The van der Waals surface area contributed by atoms with E-state index in [9.17, 15) is 8.42 Å². The largest absolute Gasteiger partial charge is 0.497 e. The van der Waals surface area contributed by atoms with Crippen LogP contribution >= 0.6 is 0 Å². The van der Waals surface area contributed by atoms with Crippen molar-refractivity contribution in [2.75, 3.05) is 26.9 Å². The SMILES string of the molecule is CCOCC1(CN)C(c2ccc(OC)cc2)C1S(=O)(=O)c1ccc(C)cc1. The average Bonchev–Trinajstić information content (AvgIpc) is 3.37. The molecule has 0 aliphatic heterocycles. The Bertz CT molecular complexity index is 877. The van der Waals surface area contributed by atoms with Crippen LogP contribution in [0, 0.1) is 12.3 Å². The fraction of sp³-hybridized carbons (Fsp3) is 0.429. The molecule has 3 unspecified atom stereocenters. The first-order chi connectivity index (χ1) is 12.9. The Kier molecular flexibility index (Phi) is 5.60. The van der Waals surface area contributed by atoms with E-state index in [4.69, 9.17) is 15.2 Å². The van der Waals surface area contributed by atoms with Crippen LogP contribution in [0.15, 0.2) is 53.4 Å². The molecule has 2 aromatic rings. The number of aryl methyl sites for hydroxylation is 1. The first kappa shape index (κ1) is 19.9. The molecule has 0 heterocycles. The van der Waals surface area contributed by atoms with Crippen molar-refractivity contribution in [3.8, 4) is 5.75 Å². The standard InChI is InChI=1S/C21H27NO4S/c1-4-26-14-21(13-22)19(16-7-9-17(25-3)10-8-16)20(21)27(23,24)18-11-5-15(2)6-12-18/h5-12,19-20H,4,13-14,22H2,1-3H3. The lowest BCUT2D eigenvalue weighted by molar-refractivity contribution is 0.101. The van der Waals surface area contributed by atoms with E-state index in [1.165, 1.54) is 0 Å². The summed E-state index contributed by atoms with van der Waals surface area (Å²) in [6, 6.07) is 14.5. The van der Waals surface area contributed by atoms with E-state index in [0.29, 0.717) is 18.1 Å². The molecular formula is C21H27NO4S. The van der Waals surface area contributed by atoms with Gasteiger partial charge in [-0.15, -0.1) is 0 Å². The number of ether oxygens (including phenoxy) is 2. The van der Waals surface area contributed by atoms with Crippen LogP contribution in [-0.4, -0.2) is 40.5 Å². The van der Waals surface area contributed by atoms with Gasteiger partial charge in [0.05, 0.1) is 23.9 Å². The molecule has 1 fully saturated rings. The topological polar surface area (TPSA) is 78.6 Å². The zero-order valence-corrected chi connectivity index (χ0v) is 16.8. The van der Waals surface area contributed by atoms with Crippen LogP contribution in [0.1, 0.15) is 24.0 Å². The maximum atomic E-state index is 13.4. The van der Waals surface area contributed by atoms with Crippen LogP contribution < -0.4 is 10.5 Å². The van der Waals surface area contributed by atoms with Crippen LogP contribution in [0.3, 0.4) is 0 Å². The quantitative estimate of drug-likeness (QED) is 0.751. The van der Waals surface area contributed by atoms with Gasteiger partial charge >= 0.3 is 0 Å². The molecule has 146 valence electrons. The smallest absolute Gasteiger partial charge is 0.182 e. The van der Waals surface area contributed by atoms with Crippen LogP contribution in [-0.2, 0) is 14.6 Å². The minimum Gasteiger partial charge on any atom is -0.497 e. The molecule has 1 saturated carbocycles. The predicted octanol–water partition coefficient (Wildman–Crippen LogP) is 2.92. The molecule has 0 saturated heterocycles. The van der Waals surface area contributed by atoms with Crippen molar-refractivity contribution in [2.24, 2.45) is 11.1 Å². The maximum Gasteiger partial charge on any atom is 0.182 e. The van der Waals surface area contributed by atoms with E-state index < -0.39 is 20.5 Å². The molecule has 6 heteroatoms. The van der Waals surface area contributed by atoms with E-state index >= 15 is 0 Å². The van der Waals surface area contributed by atoms with Gasteiger partial charge in [0.2, 0.25) is 0 Å². The third-order valence-electron chi connectivity index (χ3n) is 5.49. The van der Waals surface area contributed by atoms with Crippen molar-refractivity contribution < 1.29 is 17.9 Å². The van der Waals surface area contributed by atoms with Gasteiger partial charge in [0.25, 0.3) is 0 Å². The molecule has 0 amide bonds. The molecule has 0 radical (unpaired) electrons. The lowest BCUT2D eigenvalue weighted by atomic mass is 10.00. The van der Waals surface area contributed by atoms with Gasteiger partial charge in [0.1, 0.15) is 5.75 Å². The van der Waals surface area contributed by atoms with Gasteiger partial charge in [0, 0.05) is 24.5 Å². The monoisotopic (exact) mass is 389 g/mol. The number of nitrogens with two attached hydrogens (primary N) is 1. The summed E-state index contributed by atoms with van der Waals surface area (Å²) in [5, 5.41) is -0.599. The first-order valence-electron chi connectivity index (χ1n) is 9.13. The summed E-state index contributed by atoms with van der Waals surface area (Å²) in [7, 11) is -1.93. The Morgan fingerprint density at radius 3 is 2.22 bits per heavy atom. The average molecular weight is 390 g/mol. The number of hydrogen-bond donors (Lipinski definition) is 1. The second kappa shape index (κ2) is 7.62. The Morgan fingerprint density at radius 2 is 1.70 bits per heavy atom. The van der Waals surface area contributed by atoms with Gasteiger partial charge in [-0.25, -0.2) is 8.42 Å². The summed E-state index contributed by atoms with van der Waals surface area (Å²) >= 11 is 0. The van der Waals surface area contributed by atoms with Crippen molar-refractivity contribution in [2.45, 2.75) is 29.9 Å².